The van der Waals surface area contributed by atoms with Crippen molar-refractivity contribution in [1.82, 2.24) is 0 Å². The van der Waals surface area contributed by atoms with Crippen molar-refractivity contribution in [3.63, 3.8) is 0 Å². The van der Waals surface area contributed by atoms with Gasteiger partial charge in [0.15, 0.2) is 18.1 Å². The fraction of sp³-hybridized carbons (Fsp3) is 0.0385. The quantitative estimate of drug-likeness (QED) is 0.445. The number of hydrogen-bond acceptors (Lipinski definition) is 4. The van der Waals surface area contributed by atoms with Crippen LogP contribution in [0.3, 0.4) is 0 Å². The largest absolute Gasteiger partial charge is 0.867 e. The van der Waals surface area contributed by atoms with Gasteiger partial charge in [-0.1, -0.05) is 48.0 Å². The summed E-state index contributed by atoms with van der Waals surface area (Å²) in [4.78, 5) is 13.5. The number of aryl methyl sites for hydroxylation is 1. The highest BCUT2D eigenvalue weighted by Crippen LogP contribution is 2.31. The second-order valence-corrected chi connectivity index (χ2v) is 9.37. The lowest BCUT2D eigenvalue weighted by atomic mass is 9.88. The lowest BCUT2D eigenvalue weighted by Gasteiger charge is -2.24. The molecule has 0 unspecified atom stereocenters. The third-order valence-electron chi connectivity index (χ3n) is 5.53. The molecule has 1 aliphatic carbocycles. The lowest BCUT2D eigenvalue weighted by Crippen LogP contribution is -2.43. The van der Waals surface area contributed by atoms with Gasteiger partial charge in [0.25, 0.3) is 10.0 Å². The molecule has 0 aliphatic heterocycles. The zero-order valence-corrected chi connectivity index (χ0v) is 18.4. The van der Waals surface area contributed by atoms with Gasteiger partial charge in [0.2, 0.25) is 11.5 Å². The molecule has 0 fully saturated rings. The van der Waals surface area contributed by atoms with Crippen LogP contribution in [0.15, 0.2) is 101 Å². The van der Waals surface area contributed by atoms with Crippen LogP contribution in [0, 0.1) is 6.92 Å². The number of pyridine rings is 1. The number of nitrogens with zero attached hydrogens (tertiary/aromatic N) is 2. The van der Waals surface area contributed by atoms with Gasteiger partial charge in [0.05, 0.1) is 4.90 Å². The molecule has 1 aromatic heterocycles. The summed E-state index contributed by atoms with van der Waals surface area (Å²) in [5.41, 5.74) is 0.741. The van der Waals surface area contributed by atoms with Gasteiger partial charge in [0.1, 0.15) is 0 Å². The SMILES string of the molecule is Cc1ccc(S(=O)(=O)/N=C2\C(=O)c3cc4ccccc4cc3C([O-])=C2[n+]2ccccc2)cc1. The van der Waals surface area contributed by atoms with Crippen LogP contribution in [0.4, 0.5) is 0 Å². The Morgan fingerprint density at radius 2 is 1.42 bits per heavy atom. The summed E-state index contributed by atoms with van der Waals surface area (Å²) in [7, 11) is -4.24. The second kappa shape index (κ2) is 7.79. The van der Waals surface area contributed by atoms with Gasteiger partial charge >= 0.3 is 0 Å². The van der Waals surface area contributed by atoms with Crippen molar-refractivity contribution in [3.8, 4) is 0 Å². The van der Waals surface area contributed by atoms with Crippen LogP contribution in [-0.2, 0) is 10.0 Å². The molecule has 0 radical (unpaired) electrons. The van der Waals surface area contributed by atoms with Gasteiger partial charge in [-0.15, -0.1) is 4.40 Å². The Kier molecular flexibility index (Phi) is 4.91. The van der Waals surface area contributed by atoms with Crippen LogP contribution < -0.4 is 9.67 Å². The Morgan fingerprint density at radius 1 is 0.818 bits per heavy atom. The highest BCUT2D eigenvalue weighted by Gasteiger charge is 2.35. The summed E-state index contributed by atoms with van der Waals surface area (Å²) in [6.45, 7) is 1.84. The monoisotopic (exact) mass is 454 g/mol. The minimum atomic E-state index is -4.24. The number of carbonyl (C=O) groups excluding carboxylic acids is 1. The fourth-order valence-electron chi connectivity index (χ4n) is 3.84. The molecule has 162 valence electrons. The molecule has 1 heterocycles. The number of hydrogen-bond donors (Lipinski definition) is 0. The molecule has 33 heavy (non-hydrogen) atoms. The molecule has 0 amide bonds. The average molecular weight is 455 g/mol. The zero-order chi connectivity index (χ0) is 23.2. The van der Waals surface area contributed by atoms with E-state index < -0.39 is 27.3 Å². The van der Waals surface area contributed by atoms with Gasteiger partial charge < -0.3 is 5.11 Å². The van der Waals surface area contributed by atoms with Gasteiger partial charge in [-0.05, 0) is 53.3 Å². The summed E-state index contributed by atoms with van der Waals surface area (Å²) >= 11 is 0. The van der Waals surface area contributed by atoms with E-state index in [4.69, 9.17) is 0 Å². The van der Waals surface area contributed by atoms with Gasteiger partial charge in [-0.3, -0.25) is 4.79 Å². The van der Waals surface area contributed by atoms with E-state index in [-0.39, 0.29) is 21.7 Å². The summed E-state index contributed by atoms with van der Waals surface area (Å²) in [6, 6.07) is 21.9. The van der Waals surface area contributed by atoms with Crippen LogP contribution >= 0.6 is 0 Å². The van der Waals surface area contributed by atoms with E-state index in [0.29, 0.717) is 0 Å². The molecule has 5 rings (SSSR count). The third-order valence-corrected chi connectivity index (χ3v) is 6.82. The molecule has 4 aromatic rings. The Hall–Kier alpha value is -4.10. The average Bonchev–Trinajstić information content (AvgIpc) is 2.82. The topological polar surface area (TPSA) is 90.5 Å². The highest BCUT2D eigenvalue weighted by molar-refractivity contribution is 7.90. The van der Waals surface area contributed by atoms with Gasteiger partial charge in [0, 0.05) is 17.7 Å². The van der Waals surface area contributed by atoms with E-state index in [9.17, 15) is 18.3 Å². The Balaban J connectivity index is 1.80. The first-order chi connectivity index (χ1) is 15.8. The molecule has 0 saturated carbocycles. The molecule has 0 saturated heterocycles. The molecule has 6 nitrogen and oxygen atoms in total. The van der Waals surface area contributed by atoms with Crippen molar-refractivity contribution < 1.29 is 22.9 Å². The first kappa shape index (κ1) is 20.8. The molecule has 0 atom stereocenters. The van der Waals surface area contributed by atoms with Crippen LogP contribution in [0.25, 0.3) is 22.2 Å². The second-order valence-electron chi connectivity index (χ2n) is 7.76. The minimum absolute atomic E-state index is 0.0532. The van der Waals surface area contributed by atoms with Crippen molar-refractivity contribution >= 4 is 43.7 Å². The van der Waals surface area contributed by atoms with Crippen molar-refractivity contribution in [2.75, 3.05) is 0 Å². The number of sulfonamides is 1. The number of rotatable bonds is 3. The number of fused-ring (bicyclic) bond motifs is 2. The Labute approximate surface area is 190 Å². The molecule has 1 aliphatic rings. The maximum Gasteiger partial charge on any atom is 0.283 e. The van der Waals surface area contributed by atoms with Gasteiger partial charge in [-0.25, -0.2) is 0 Å². The zero-order valence-electron chi connectivity index (χ0n) is 17.6. The van der Waals surface area contributed by atoms with E-state index in [2.05, 4.69) is 4.40 Å². The van der Waals surface area contributed by atoms with Crippen LogP contribution in [0.2, 0.25) is 0 Å². The fourth-order valence-corrected chi connectivity index (χ4v) is 4.84. The summed E-state index contributed by atoms with van der Waals surface area (Å²) in [6.07, 6.45) is 3.17. The number of ketones is 1. The maximum absolute atomic E-state index is 13.6. The number of carbonyl (C=O) groups is 1. The lowest BCUT2D eigenvalue weighted by molar-refractivity contribution is -0.577. The van der Waals surface area contributed by atoms with Crippen LogP contribution in [0.5, 0.6) is 0 Å². The molecule has 0 N–H and O–H groups in total. The molecule has 7 heteroatoms. The number of aromatic nitrogens is 1. The molecular weight excluding hydrogens is 436 g/mol. The predicted octanol–water partition coefficient (Wildman–Crippen LogP) is 3.15. The van der Waals surface area contributed by atoms with Gasteiger partial charge in [-0.2, -0.15) is 13.0 Å². The van der Waals surface area contributed by atoms with Crippen molar-refractivity contribution in [2.45, 2.75) is 11.8 Å². The first-order valence-corrected chi connectivity index (χ1v) is 11.7. The summed E-state index contributed by atoms with van der Waals surface area (Å²) in [5, 5.41) is 15.2. The maximum atomic E-state index is 13.6. The standard InChI is InChI=1S/C26H18N2O4S/c1-17-9-11-20(12-10-17)33(31,32)27-23-24(28-13-5-2-6-14-28)26(30)22-16-19-8-4-3-7-18(19)15-21(22)25(23)29/h2-16H,1H3. The minimum Gasteiger partial charge on any atom is -0.867 e. The summed E-state index contributed by atoms with van der Waals surface area (Å²) < 4.78 is 31.5. The van der Waals surface area contributed by atoms with Crippen molar-refractivity contribution in [1.29, 1.82) is 0 Å². The summed E-state index contributed by atoms with van der Waals surface area (Å²) in [5.74, 6) is -1.08. The smallest absolute Gasteiger partial charge is 0.283 e. The first-order valence-electron chi connectivity index (χ1n) is 10.2. The molecular formula is C26H18N2O4S. The third kappa shape index (κ3) is 3.62. The van der Waals surface area contributed by atoms with E-state index in [1.807, 2.05) is 31.2 Å². The number of benzene rings is 3. The highest BCUT2D eigenvalue weighted by atomic mass is 32.2. The number of allylic oxidation sites excluding steroid dienone is 1. The van der Waals surface area contributed by atoms with E-state index in [0.717, 1.165) is 16.3 Å². The molecule has 3 aromatic carbocycles. The van der Waals surface area contributed by atoms with E-state index in [1.165, 1.54) is 16.7 Å². The van der Waals surface area contributed by atoms with Crippen LogP contribution in [-0.4, -0.2) is 19.9 Å². The molecule has 0 spiro atoms. The number of Topliss-reactive ketones (excluding diaryl/α,β-unsaturated/α-hetero) is 1. The van der Waals surface area contributed by atoms with Crippen LogP contribution in [0.1, 0.15) is 21.5 Å². The Morgan fingerprint density at radius 3 is 2.06 bits per heavy atom. The van der Waals surface area contributed by atoms with Crippen molar-refractivity contribution in [2.24, 2.45) is 4.40 Å². The van der Waals surface area contributed by atoms with Crippen molar-refractivity contribution in [3.05, 3.63) is 108 Å². The predicted molar refractivity (Wildman–Crippen MR) is 124 cm³/mol. The van der Waals surface area contributed by atoms with E-state index in [1.54, 1.807) is 54.9 Å². The Bertz CT molecular complexity index is 1590. The van der Waals surface area contributed by atoms with E-state index >= 15 is 0 Å². The normalized spacial score (nSPS) is 15.2. The molecule has 0 bridgehead atoms.